The van der Waals surface area contributed by atoms with Crippen molar-refractivity contribution >= 4 is 5.91 Å². The third-order valence-corrected chi connectivity index (χ3v) is 1.85. The molecule has 13 heavy (non-hydrogen) atoms. The molecule has 0 aromatic rings. The molecule has 0 spiro atoms. The van der Waals surface area contributed by atoms with Crippen LogP contribution in [0.15, 0.2) is 12.7 Å². The Balaban J connectivity index is 3.34. The van der Waals surface area contributed by atoms with E-state index in [1.165, 1.54) is 0 Å². The first-order valence-corrected chi connectivity index (χ1v) is 4.61. The van der Waals surface area contributed by atoms with Gasteiger partial charge in [-0.2, -0.15) is 0 Å². The largest absolute Gasteiger partial charge is 0.382 e. The molecule has 0 heterocycles. The van der Waals surface area contributed by atoms with Gasteiger partial charge in [-0.1, -0.05) is 6.08 Å². The number of nitrogens with one attached hydrogen (secondary N) is 1. The van der Waals surface area contributed by atoms with Crippen LogP contribution in [-0.4, -0.2) is 25.7 Å². The van der Waals surface area contributed by atoms with Crippen LogP contribution in [0.25, 0.3) is 0 Å². The standard InChI is InChI=1S/C10H19NO2/c1-4-5-8-11-10(12)7-6-9(2)13-3/h4,9H,1,5-8H2,2-3H3,(H,11,12). The number of hydrogen-bond donors (Lipinski definition) is 1. The summed E-state index contributed by atoms with van der Waals surface area (Å²) < 4.78 is 5.03. The molecule has 0 radical (unpaired) electrons. The predicted molar refractivity (Wildman–Crippen MR) is 53.5 cm³/mol. The molecule has 0 aromatic carbocycles. The molecule has 1 atom stereocenters. The number of rotatable bonds is 7. The van der Waals surface area contributed by atoms with Gasteiger partial charge in [-0.25, -0.2) is 0 Å². The van der Waals surface area contributed by atoms with Gasteiger partial charge in [-0.05, 0) is 19.8 Å². The summed E-state index contributed by atoms with van der Waals surface area (Å²) >= 11 is 0. The number of ether oxygens (including phenoxy) is 1. The topological polar surface area (TPSA) is 38.3 Å². The summed E-state index contributed by atoms with van der Waals surface area (Å²) in [7, 11) is 1.65. The quantitative estimate of drug-likeness (QED) is 0.482. The molecule has 0 rings (SSSR count). The Kier molecular flexibility index (Phi) is 7.30. The Bertz CT molecular complexity index is 157. The Morgan fingerprint density at radius 1 is 1.69 bits per heavy atom. The van der Waals surface area contributed by atoms with Crippen molar-refractivity contribution in [2.75, 3.05) is 13.7 Å². The summed E-state index contributed by atoms with van der Waals surface area (Å²) in [6.07, 6.45) is 4.08. The monoisotopic (exact) mass is 185 g/mol. The average molecular weight is 185 g/mol. The minimum atomic E-state index is 0.0887. The molecule has 3 nitrogen and oxygen atoms in total. The van der Waals surface area contributed by atoms with E-state index < -0.39 is 0 Å². The van der Waals surface area contributed by atoms with E-state index in [1.54, 1.807) is 13.2 Å². The first-order valence-electron chi connectivity index (χ1n) is 4.61. The van der Waals surface area contributed by atoms with Gasteiger partial charge in [0, 0.05) is 20.1 Å². The van der Waals surface area contributed by atoms with Crippen LogP contribution in [0.1, 0.15) is 26.2 Å². The van der Waals surface area contributed by atoms with E-state index in [4.69, 9.17) is 4.74 Å². The van der Waals surface area contributed by atoms with Crippen molar-refractivity contribution in [2.24, 2.45) is 0 Å². The summed E-state index contributed by atoms with van der Waals surface area (Å²) in [4.78, 5) is 11.1. The van der Waals surface area contributed by atoms with E-state index in [1.807, 2.05) is 6.92 Å². The van der Waals surface area contributed by atoms with Gasteiger partial charge in [0.15, 0.2) is 0 Å². The van der Waals surface area contributed by atoms with Crippen LogP contribution >= 0.6 is 0 Å². The van der Waals surface area contributed by atoms with Crippen molar-refractivity contribution in [3.63, 3.8) is 0 Å². The Morgan fingerprint density at radius 2 is 2.38 bits per heavy atom. The molecule has 0 aliphatic carbocycles. The molecule has 0 aliphatic rings. The fourth-order valence-electron chi connectivity index (χ4n) is 0.854. The van der Waals surface area contributed by atoms with Crippen LogP contribution in [0.4, 0.5) is 0 Å². The smallest absolute Gasteiger partial charge is 0.220 e. The van der Waals surface area contributed by atoms with E-state index in [9.17, 15) is 4.79 Å². The summed E-state index contributed by atoms with van der Waals surface area (Å²) in [6.45, 7) is 6.21. The maximum atomic E-state index is 11.1. The van der Waals surface area contributed by atoms with Gasteiger partial charge < -0.3 is 10.1 Å². The van der Waals surface area contributed by atoms with E-state index >= 15 is 0 Å². The maximum absolute atomic E-state index is 11.1. The maximum Gasteiger partial charge on any atom is 0.220 e. The minimum Gasteiger partial charge on any atom is -0.382 e. The van der Waals surface area contributed by atoms with Gasteiger partial charge in [0.1, 0.15) is 0 Å². The zero-order valence-electron chi connectivity index (χ0n) is 8.51. The van der Waals surface area contributed by atoms with Crippen molar-refractivity contribution in [2.45, 2.75) is 32.3 Å². The predicted octanol–water partition coefficient (Wildman–Crippen LogP) is 1.49. The molecule has 0 aliphatic heterocycles. The molecular weight excluding hydrogens is 166 g/mol. The van der Waals surface area contributed by atoms with Gasteiger partial charge in [0.25, 0.3) is 0 Å². The van der Waals surface area contributed by atoms with Crippen molar-refractivity contribution < 1.29 is 9.53 Å². The SMILES string of the molecule is C=CCCNC(=O)CCC(C)OC. The van der Waals surface area contributed by atoms with E-state index in [0.717, 1.165) is 12.8 Å². The van der Waals surface area contributed by atoms with E-state index in [-0.39, 0.29) is 12.0 Å². The van der Waals surface area contributed by atoms with Gasteiger partial charge in [-0.15, -0.1) is 6.58 Å². The fourth-order valence-corrected chi connectivity index (χ4v) is 0.854. The van der Waals surface area contributed by atoms with Gasteiger partial charge in [-0.3, -0.25) is 4.79 Å². The number of carbonyl (C=O) groups is 1. The molecular formula is C10H19NO2. The molecule has 0 saturated carbocycles. The lowest BCUT2D eigenvalue weighted by molar-refractivity contribution is -0.121. The van der Waals surface area contributed by atoms with Crippen molar-refractivity contribution in [1.29, 1.82) is 0 Å². The summed E-state index contributed by atoms with van der Waals surface area (Å²) in [5.74, 6) is 0.0887. The summed E-state index contributed by atoms with van der Waals surface area (Å²) in [5, 5.41) is 2.80. The van der Waals surface area contributed by atoms with Crippen LogP contribution < -0.4 is 5.32 Å². The van der Waals surface area contributed by atoms with Gasteiger partial charge in [0.05, 0.1) is 6.10 Å². The van der Waals surface area contributed by atoms with Crippen molar-refractivity contribution in [1.82, 2.24) is 5.32 Å². The lowest BCUT2D eigenvalue weighted by atomic mass is 10.2. The third-order valence-electron chi connectivity index (χ3n) is 1.85. The second kappa shape index (κ2) is 7.80. The van der Waals surface area contributed by atoms with Crippen molar-refractivity contribution in [3.05, 3.63) is 12.7 Å². The lowest BCUT2D eigenvalue weighted by Crippen LogP contribution is -2.24. The fraction of sp³-hybridized carbons (Fsp3) is 0.700. The highest BCUT2D eigenvalue weighted by Gasteiger charge is 2.04. The molecule has 1 unspecified atom stereocenters. The highest BCUT2D eigenvalue weighted by molar-refractivity contribution is 5.75. The van der Waals surface area contributed by atoms with E-state index in [0.29, 0.717) is 13.0 Å². The third kappa shape index (κ3) is 7.53. The van der Waals surface area contributed by atoms with Crippen LogP contribution in [-0.2, 0) is 9.53 Å². The van der Waals surface area contributed by atoms with Gasteiger partial charge >= 0.3 is 0 Å². The zero-order chi connectivity index (χ0) is 10.1. The van der Waals surface area contributed by atoms with Crippen LogP contribution in [0, 0.1) is 0 Å². The second-order valence-electron chi connectivity index (χ2n) is 3.01. The van der Waals surface area contributed by atoms with Crippen LogP contribution in [0.3, 0.4) is 0 Å². The molecule has 0 bridgehead atoms. The number of amides is 1. The van der Waals surface area contributed by atoms with Crippen LogP contribution in [0.2, 0.25) is 0 Å². The molecule has 0 aromatic heterocycles. The highest BCUT2D eigenvalue weighted by atomic mass is 16.5. The highest BCUT2D eigenvalue weighted by Crippen LogP contribution is 1.99. The molecule has 0 fully saturated rings. The van der Waals surface area contributed by atoms with Crippen molar-refractivity contribution in [3.8, 4) is 0 Å². The Labute approximate surface area is 80.2 Å². The molecule has 1 N–H and O–H groups in total. The van der Waals surface area contributed by atoms with E-state index in [2.05, 4.69) is 11.9 Å². The average Bonchev–Trinajstić information content (AvgIpc) is 2.14. The normalized spacial score (nSPS) is 12.2. The second-order valence-corrected chi connectivity index (χ2v) is 3.01. The number of carbonyl (C=O) groups excluding carboxylic acids is 1. The minimum absolute atomic E-state index is 0.0887. The Hall–Kier alpha value is -0.830. The van der Waals surface area contributed by atoms with Crippen LogP contribution in [0.5, 0.6) is 0 Å². The number of hydrogen-bond acceptors (Lipinski definition) is 2. The Morgan fingerprint density at radius 3 is 2.92 bits per heavy atom. The zero-order valence-corrected chi connectivity index (χ0v) is 8.51. The molecule has 0 saturated heterocycles. The molecule has 3 heteroatoms. The molecule has 76 valence electrons. The summed E-state index contributed by atoms with van der Waals surface area (Å²) in [6, 6.07) is 0. The summed E-state index contributed by atoms with van der Waals surface area (Å²) in [5.41, 5.74) is 0. The van der Waals surface area contributed by atoms with Gasteiger partial charge in [0.2, 0.25) is 5.91 Å². The first kappa shape index (κ1) is 12.2. The molecule has 1 amide bonds. The lowest BCUT2D eigenvalue weighted by Gasteiger charge is -2.08. The number of methoxy groups -OCH3 is 1. The first-order chi connectivity index (χ1) is 6.20.